The van der Waals surface area contributed by atoms with Crippen molar-refractivity contribution in [2.45, 2.75) is 40.5 Å². The van der Waals surface area contributed by atoms with Gasteiger partial charge in [-0.3, -0.25) is 9.78 Å². The van der Waals surface area contributed by atoms with Crippen LogP contribution in [0.25, 0.3) is 32.1 Å². The molecule has 3 heterocycles. The number of rotatable bonds is 4. The lowest BCUT2D eigenvalue weighted by Crippen LogP contribution is -2.18. The summed E-state index contributed by atoms with van der Waals surface area (Å²) in [5.41, 5.74) is 6.21. The Kier molecular flexibility index (Phi) is 6.74. The van der Waals surface area contributed by atoms with Crippen molar-refractivity contribution in [1.82, 2.24) is 14.9 Å². The second-order valence-electron chi connectivity index (χ2n) is 7.81. The van der Waals surface area contributed by atoms with E-state index in [1.54, 1.807) is 0 Å². The van der Waals surface area contributed by atoms with E-state index in [-0.39, 0.29) is 5.56 Å². The molecule has 4 aromatic rings. The number of nitrogens with one attached hydrogen (secondary N) is 1. The molecule has 0 saturated heterocycles. The van der Waals surface area contributed by atoms with Gasteiger partial charge in [-0.2, -0.15) is 0 Å². The zero-order valence-corrected chi connectivity index (χ0v) is 19.8. The number of likely N-dealkylation sites (N-methyl/N-ethyl adjacent to an activating group) is 1. The zero-order valence-electron chi connectivity index (χ0n) is 19.0. The topological polar surface area (TPSA) is 49.0 Å². The van der Waals surface area contributed by atoms with Crippen molar-refractivity contribution < 1.29 is 0 Å². The van der Waals surface area contributed by atoms with Crippen LogP contribution in [0.4, 0.5) is 0 Å². The summed E-state index contributed by atoms with van der Waals surface area (Å²) in [6.45, 7) is 11.3. The Balaban J connectivity index is 0.00000124. The van der Waals surface area contributed by atoms with Crippen molar-refractivity contribution in [3.63, 3.8) is 0 Å². The Morgan fingerprint density at radius 1 is 1.07 bits per heavy atom. The van der Waals surface area contributed by atoms with Gasteiger partial charge in [0.1, 0.15) is 4.70 Å². The van der Waals surface area contributed by atoms with Crippen molar-refractivity contribution in [2.75, 3.05) is 20.6 Å². The number of benzene rings is 1. The molecular formula is C25H31N3OS. The third-order valence-electron chi connectivity index (χ3n) is 5.35. The quantitative estimate of drug-likeness (QED) is 0.432. The molecule has 0 aliphatic carbocycles. The molecule has 5 heteroatoms. The normalized spacial score (nSPS) is 12.3. The summed E-state index contributed by atoms with van der Waals surface area (Å²) < 4.78 is 0.773. The number of thiophene rings is 1. The molecule has 0 bridgehead atoms. The number of hydrogen-bond donors (Lipinski definition) is 1. The lowest BCUT2D eigenvalue weighted by Gasteiger charge is -2.18. The number of aromatic amines is 1. The molecule has 0 aliphatic rings. The molecule has 0 aliphatic heterocycles. The predicted molar refractivity (Wildman–Crippen MR) is 131 cm³/mol. The van der Waals surface area contributed by atoms with E-state index >= 15 is 0 Å². The van der Waals surface area contributed by atoms with Gasteiger partial charge in [-0.25, -0.2) is 0 Å². The molecule has 1 unspecified atom stereocenters. The van der Waals surface area contributed by atoms with Gasteiger partial charge in [0.25, 0.3) is 5.56 Å². The number of hydrogen-bond acceptors (Lipinski definition) is 4. The van der Waals surface area contributed by atoms with Gasteiger partial charge in [0.15, 0.2) is 0 Å². The molecule has 3 aromatic heterocycles. The molecule has 4 nitrogen and oxygen atoms in total. The first-order chi connectivity index (χ1) is 14.4. The number of pyridine rings is 2. The summed E-state index contributed by atoms with van der Waals surface area (Å²) in [7, 11) is 4.20. The highest BCUT2D eigenvalue weighted by Crippen LogP contribution is 2.37. The first-order valence-corrected chi connectivity index (χ1v) is 11.4. The maximum absolute atomic E-state index is 12.5. The van der Waals surface area contributed by atoms with E-state index in [0.29, 0.717) is 5.92 Å². The van der Waals surface area contributed by atoms with Crippen LogP contribution in [-0.4, -0.2) is 35.5 Å². The molecule has 0 spiro atoms. The fourth-order valence-electron chi connectivity index (χ4n) is 4.11. The van der Waals surface area contributed by atoms with Crippen LogP contribution in [0.15, 0.2) is 40.5 Å². The molecule has 30 heavy (non-hydrogen) atoms. The van der Waals surface area contributed by atoms with Crippen LogP contribution in [0.5, 0.6) is 0 Å². The minimum atomic E-state index is -0.0370. The van der Waals surface area contributed by atoms with Crippen molar-refractivity contribution in [2.24, 2.45) is 0 Å². The lowest BCUT2D eigenvalue weighted by molar-refractivity contribution is 0.383. The molecular weight excluding hydrogens is 390 g/mol. The highest BCUT2D eigenvalue weighted by Gasteiger charge is 2.17. The van der Waals surface area contributed by atoms with Crippen LogP contribution in [-0.2, 0) is 0 Å². The van der Waals surface area contributed by atoms with Crippen molar-refractivity contribution in [3.05, 3.63) is 63.0 Å². The molecule has 1 atom stereocenters. The predicted octanol–water partition coefficient (Wildman–Crippen LogP) is 6.11. The third-order valence-corrected chi connectivity index (χ3v) is 6.26. The third kappa shape index (κ3) is 4.05. The maximum Gasteiger partial charge on any atom is 0.266 e. The van der Waals surface area contributed by atoms with Gasteiger partial charge in [0.05, 0.1) is 11.2 Å². The monoisotopic (exact) mass is 421 g/mol. The van der Waals surface area contributed by atoms with E-state index in [1.165, 1.54) is 16.9 Å². The lowest BCUT2D eigenvalue weighted by atomic mass is 9.93. The van der Waals surface area contributed by atoms with Gasteiger partial charge in [-0.05, 0) is 56.4 Å². The van der Waals surface area contributed by atoms with Crippen molar-refractivity contribution in [1.29, 1.82) is 0 Å². The average molecular weight is 422 g/mol. The van der Waals surface area contributed by atoms with E-state index in [9.17, 15) is 4.79 Å². The maximum atomic E-state index is 12.5. The smallest absolute Gasteiger partial charge is 0.266 e. The summed E-state index contributed by atoms with van der Waals surface area (Å²) in [6.07, 6.45) is 0. The molecule has 1 N–H and O–H groups in total. The van der Waals surface area contributed by atoms with Crippen molar-refractivity contribution >= 4 is 32.3 Å². The first-order valence-electron chi connectivity index (χ1n) is 10.5. The van der Waals surface area contributed by atoms with E-state index < -0.39 is 0 Å². The highest BCUT2D eigenvalue weighted by atomic mass is 32.1. The zero-order chi connectivity index (χ0) is 22.0. The van der Waals surface area contributed by atoms with E-state index in [2.05, 4.69) is 55.2 Å². The second kappa shape index (κ2) is 9.11. The van der Waals surface area contributed by atoms with Crippen molar-refractivity contribution in [3.8, 4) is 11.1 Å². The first kappa shape index (κ1) is 22.2. The van der Waals surface area contributed by atoms with Crippen LogP contribution in [0, 0.1) is 13.8 Å². The minimum absolute atomic E-state index is 0.0370. The summed E-state index contributed by atoms with van der Waals surface area (Å²) in [6, 6.07) is 10.8. The average Bonchev–Trinajstić information content (AvgIpc) is 3.21. The van der Waals surface area contributed by atoms with Crippen LogP contribution in [0.1, 0.15) is 43.6 Å². The Labute approximate surface area is 182 Å². The molecule has 0 amide bonds. The molecule has 0 radical (unpaired) electrons. The number of aryl methyl sites for hydroxylation is 2. The Morgan fingerprint density at radius 2 is 1.73 bits per heavy atom. The molecule has 0 fully saturated rings. The largest absolute Gasteiger partial charge is 0.319 e. The van der Waals surface area contributed by atoms with Crippen LogP contribution in [0.3, 0.4) is 0 Å². The Hall–Kier alpha value is -2.50. The summed E-state index contributed by atoms with van der Waals surface area (Å²) in [5, 5.41) is 4.09. The second-order valence-corrected chi connectivity index (χ2v) is 8.73. The summed E-state index contributed by atoms with van der Waals surface area (Å²) >= 11 is 1.49. The van der Waals surface area contributed by atoms with E-state index in [4.69, 9.17) is 4.98 Å². The van der Waals surface area contributed by atoms with Crippen LogP contribution in [0.2, 0.25) is 0 Å². The molecule has 4 rings (SSSR count). The molecule has 0 saturated carbocycles. The van der Waals surface area contributed by atoms with Gasteiger partial charge in [0, 0.05) is 28.6 Å². The Morgan fingerprint density at radius 3 is 2.37 bits per heavy atom. The fraction of sp³-hybridized carbons (Fsp3) is 0.360. The minimum Gasteiger partial charge on any atom is -0.319 e. The summed E-state index contributed by atoms with van der Waals surface area (Å²) in [5.74, 6) is 0.470. The van der Waals surface area contributed by atoms with Crippen LogP contribution < -0.4 is 5.56 Å². The van der Waals surface area contributed by atoms with E-state index in [1.807, 2.05) is 39.1 Å². The van der Waals surface area contributed by atoms with Gasteiger partial charge >= 0.3 is 0 Å². The fourth-order valence-corrected chi connectivity index (χ4v) is 4.90. The number of fused-ring (bicyclic) bond motifs is 3. The van der Waals surface area contributed by atoms with Gasteiger partial charge in [-0.1, -0.05) is 45.0 Å². The number of aromatic nitrogens is 2. The number of nitrogens with zero attached hydrogens (tertiary/aromatic N) is 2. The van der Waals surface area contributed by atoms with Gasteiger partial charge in [-0.15, -0.1) is 11.3 Å². The number of H-pyrrole nitrogens is 1. The molecule has 158 valence electrons. The highest BCUT2D eigenvalue weighted by molar-refractivity contribution is 7.17. The standard InChI is InChI=1S/C23H25N3OS.C2H6/c1-13(12-26(4)5)16-6-8-17(9-7-16)19-14(2)24-15(3)21-20(19)18-10-11-28-22(18)23(27)25-21;1-2/h6-11,13H,12H2,1-5H3,(H,25,27);1-2H3. The van der Waals surface area contributed by atoms with Gasteiger partial charge < -0.3 is 9.88 Å². The molecule has 1 aromatic carbocycles. The summed E-state index contributed by atoms with van der Waals surface area (Å²) in [4.78, 5) is 22.5. The van der Waals surface area contributed by atoms with Gasteiger partial charge in [0.2, 0.25) is 0 Å². The Bertz CT molecular complexity index is 1220. The SMILES string of the molecule is CC.Cc1nc(C)c2[nH]c(=O)c3sccc3c2c1-c1ccc(C(C)CN(C)C)cc1. The van der Waals surface area contributed by atoms with E-state index in [0.717, 1.165) is 50.0 Å². The van der Waals surface area contributed by atoms with Crippen LogP contribution >= 0.6 is 11.3 Å².